The van der Waals surface area contributed by atoms with E-state index in [4.69, 9.17) is 0 Å². The number of amides is 3. The van der Waals surface area contributed by atoms with Crippen molar-refractivity contribution in [1.82, 2.24) is 20.4 Å². The van der Waals surface area contributed by atoms with E-state index in [-0.39, 0.29) is 29.7 Å². The first-order chi connectivity index (χ1) is 12.4. The predicted molar refractivity (Wildman–Crippen MR) is 95.2 cm³/mol. The Morgan fingerprint density at radius 2 is 2.04 bits per heavy atom. The fraction of sp³-hybridized carbons (Fsp3) is 0.526. The number of piperidine rings is 1. The summed E-state index contributed by atoms with van der Waals surface area (Å²) in [7, 11) is 1.99. The largest absolute Gasteiger partial charge is 0.322 e. The molecule has 0 radical (unpaired) electrons. The van der Waals surface area contributed by atoms with Crippen LogP contribution in [0.5, 0.6) is 0 Å². The van der Waals surface area contributed by atoms with Crippen molar-refractivity contribution in [2.45, 2.75) is 44.4 Å². The molecule has 1 atom stereocenters. The maximum atomic E-state index is 12.7. The van der Waals surface area contributed by atoms with Gasteiger partial charge in [-0.25, -0.2) is 0 Å². The van der Waals surface area contributed by atoms with E-state index in [1.54, 1.807) is 4.90 Å². The Bertz CT molecular complexity index is 785. The molecule has 1 unspecified atom stereocenters. The van der Waals surface area contributed by atoms with Gasteiger partial charge in [-0.1, -0.05) is 12.1 Å². The third kappa shape index (κ3) is 2.91. The highest BCUT2D eigenvalue weighted by atomic mass is 16.2. The first kappa shape index (κ1) is 17.2. The average molecular weight is 356 g/mol. The first-order valence-electron chi connectivity index (χ1n) is 9.06. The fourth-order valence-corrected chi connectivity index (χ4v) is 4.19. The van der Waals surface area contributed by atoms with E-state index in [0.717, 1.165) is 25.2 Å². The van der Waals surface area contributed by atoms with Gasteiger partial charge in [0.1, 0.15) is 6.04 Å². The lowest BCUT2D eigenvalue weighted by molar-refractivity contribution is -0.136. The third-order valence-electron chi connectivity index (χ3n) is 5.74. The van der Waals surface area contributed by atoms with E-state index in [1.807, 2.05) is 19.2 Å². The maximum Gasteiger partial charge on any atom is 0.255 e. The van der Waals surface area contributed by atoms with Crippen molar-refractivity contribution in [3.63, 3.8) is 0 Å². The van der Waals surface area contributed by atoms with E-state index in [9.17, 15) is 14.4 Å². The van der Waals surface area contributed by atoms with Crippen LogP contribution in [-0.4, -0.2) is 59.2 Å². The minimum Gasteiger partial charge on any atom is -0.322 e. The van der Waals surface area contributed by atoms with Crippen LogP contribution < -0.4 is 10.6 Å². The number of fused-ring (bicyclic) bond motifs is 1. The van der Waals surface area contributed by atoms with E-state index in [2.05, 4.69) is 28.5 Å². The van der Waals surface area contributed by atoms with Crippen LogP contribution in [0.25, 0.3) is 0 Å². The molecule has 3 heterocycles. The van der Waals surface area contributed by atoms with E-state index in [0.29, 0.717) is 18.5 Å². The number of hydrogen-bond acceptors (Lipinski definition) is 5. The molecule has 0 spiro atoms. The molecular formula is C19H24N4O3. The molecule has 26 heavy (non-hydrogen) atoms. The van der Waals surface area contributed by atoms with Crippen molar-refractivity contribution in [3.8, 4) is 0 Å². The highest BCUT2D eigenvalue weighted by molar-refractivity contribution is 6.05. The highest BCUT2D eigenvalue weighted by Crippen LogP contribution is 2.29. The minimum atomic E-state index is -0.553. The SMILES string of the molecule is CNC1(C)CN(Cc2ccc3c(c2)CN(C2CCC(=O)NC2=O)C3=O)C1. The lowest BCUT2D eigenvalue weighted by atomic mass is 9.92. The molecule has 0 aliphatic carbocycles. The van der Waals surface area contributed by atoms with Crippen molar-refractivity contribution in [3.05, 3.63) is 34.9 Å². The Hall–Kier alpha value is -2.25. The number of benzene rings is 1. The zero-order valence-corrected chi connectivity index (χ0v) is 15.2. The lowest BCUT2D eigenvalue weighted by Crippen LogP contribution is -2.65. The van der Waals surface area contributed by atoms with E-state index >= 15 is 0 Å². The molecule has 2 saturated heterocycles. The molecule has 0 aromatic heterocycles. The van der Waals surface area contributed by atoms with Gasteiger partial charge in [-0.15, -0.1) is 0 Å². The summed E-state index contributed by atoms with van der Waals surface area (Å²) in [5, 5.41) is 5.67. The normalized spacial score (nSPS) is 25.1. The number of hydrogen-bond donors (Lipinski definition) is 2. The van der Waals surface area contributed by atoms with Gasteiger partial charge in [0.05, 0.1) is 0 Å². The van der Waals surface area contributed by atoms with Crippen LogP contribution in [0, 0.1) is 0 Å². The molecule has 2 fully saturated rings. The van der Waals surface area contributed by atoms with Crippen LogP contribution in [0.4, 0.5) is 0 Å². The van der Waals surface area contributed by atoms with Gasteiger partial charge in [0.2, 0.25) is 11.8 Å². The van der Waals surface area contributed by atoms with Gasteiger partial charge < -0.3 is 10.2 Å². The molecular weight excluding hydrogens is 332 g/mol. The van der Waals surface area contributed by atoms with Gasteiger partial charge in [-0.2, -0.15) is 0 Å². The number of nitrogens with one attached hydrogen (secondary N) is 2. The summed E-state index contributed by atoms with van der Waals surface area (Å²) in [6, 6.07) is 5.40. The zero-order chi connectivity index (χ0) is 18.5. The number of carbonyl (C=O) groups excluding carboxylic acids is 3. The molecule has 138 valence electrons. The molecule has 1 aromatic rings. The lowest BCUT2D eigenvalue weighted by Gasteiger charge is -2.48. The average Bonchev–Trinajstić information content (AvgIpc) is 2.89. The van der Waals surface area contributed by atoms with Crippen molar-refractivity contribution < 1.29 is 14.4 Å². The smallest absolute Gasteiger partial charge is 0.255 e. The number of likely N-dealkylation sites (N-methyl/N-ethyl adjacent to an activating group) is 1. The van der Waals surface area contributed by atoms with Gasteiger partial charge in [-0.05, 0) is 37.6 Å². The Morgan fingerprint density at radius 3 is 2.73 bits per heavy atom. The molecule has 0 bridgehead atoms. The summed E-state index contributed by atoms with van der Waals surface area (Å²) in [6.07, 6.45) is 0.675. The Balaban J connectivity index is 1.45. The molecule has 7 nitrogen and oxygen atoms in total. The standard InChI is InChI=1S/C19H24N4O3/c1-19(20-2)10-22(11-19)8-12-3-4-14-13(7-12)9-23(18(14)26)15-5-6-16(24)21-17(15)25/h3-4,7,15,20H,5-6,8-11H2,1-2H3,(H,21,24,25). The number of imide groups is 1. The summed E-state index contributed by atoms with van der Waals surface area (Å²) in [4.78, 5) is 40.1. The predicted octanol–water partition coefficient (Wildman–Crippen LogP) is 0.241. The van der Waals surface area contributed by atoms with Crippen molar-refractivity contribution >= 4 is 17.7 Å². The molecule has 3 aliphatic rings. The molecule has 0 saturated carbocycles. The molecule has 4 rings (SSSR count). The molecule has 7 heteroatoms. The van der Waals surface area contributed by atoms with Gasteiger partial charge >= 0.3 is 0 Å². The molecule has 3 amide bonds. The Morgan fingerprint density at radius 1 is 1.27 bits per heavy atom. The first-order valence-corrected chi connectivity index (χ1v) is 9.06. The summed E-state index contributed by atoms with van der Waals surface area (Å²) >= 11 is 0. The van der Waals surface area contributed by atoms with Crippen molar-refractivity contribution in [1.29, 1.82) is 0 Å². The molecule has 2 N–H and O–H groups in total. The van der Waals surface area contributed by atoms with Crippen LogP contribution in [0.2, 0.25) is 0 Å². The van der Waals surface area contributed by atoms with Crippen LogP contribution >= 0.6 is 0 Å². The number of rotatable bonds is 4. The minimum absolute atomic E-state index is 0.118. The van der Waals surface area contributed by atoms with Gasteiger partial charge in [0.15, 0.2) is 0 Å². The maximum absolute atomic E-state index is 12.7. The number of nitrogens with zero attached hydrogens (tertiary/aromatic N) is 2. The number of carbonyl (C=O) groups is 3. The van der Waals surface area contributed by atoms with Crippen LogP contribution in [0.15, 0.2) is 18.2 Å². The summed E-state index contributed by atoms with van der Waals surface area (Å²) in [5.41, 5.74) is 3.01. The van der Waals surface area contributed by atoms with Crippen molar-refractivity contribution in [2.75, 3.05) is 20.1 Å². The van der Waals surface area contributed by atoms with E-state index < -0.39 is 6.04 Å². The second-order valence-corrected chi connectivity index (χ2v) is 7.85. The van der Waals surface area contributed by atoms with Crippen LogP contribution in [-0.2, 0) is 22.7 Å². The van der Waals surface area contributed by atoms with Crippen LogP contribution in [0.3, 0.4) is 0 Å². The van der Waals surface area contributed by atoms with Crippen LogP contribution in [0.1, 0.15) is 41.3 Å². The topological polar surface area (TPSA) is 81.8 Å². The summed E-state index contributed by atoms with van der Waals surface area (Å²) < 4.78 is 0. The second kappa shape index (κ2) is 6.17. The van der Waals surface area contributed by atoms with Gasteiger partial charge in [0.25, 0.3) is 5.91 Å². The summed E-state index contributed by atoms with van der Waals surface area (Å²) in [6.45, 7) is 5.51. The fourth-order valence-electron chi connectivity index (χ4n) is 4.19. The molecule has 1 aromatic carbocycles. The van der Waals surface area contributed by atoms with Gasteiger partial charge in [0, 0.05) is 43.7 Å². The second-order valence-electron chi connectivity index (χ2n) is 7.85. The monoisotopic (exact) mass is 356 g/mol. The highest BCUT2D eigenvalue weighted by Gasteiger charge is 2.40. The van der Waals surface area contributed by atoms with Crippen molar-refractivity contribution in [2.24, 2.45) is 0 Å². The summed E-state index contributed by atoms with van der Waals surface area (Å²) in [5.74, 6) is -0.747. The Labute approximate surface area is 152 Å². The third-order valence-corrected chi connectivity index (χ3v) is 5.74. The molecule has 3 aliphatic heterocycles. The number of likely N-dealkylation sites (tertiary alicyclic amines) is 1. The Kier molecular flexibility index (Phi) is 4.08. The van der Waals surface area contributed by atoms with Gasteiger partial charge in [-0.3, -0.25) is 24.6 Å². The quantitative estimate of drug-likeness (QED) is 0.756. The zero-order valence-electron chi connectivity index (χ0n) is 15.2. The van der Waals surface area contributed by atoms with E-state index in [1.165, 1.54) is 5.56 Å².